The summed E-state index contributed by atoms with van der Waals surface area (Å²) in [7, 11) is 0. The Morgan fingerprint density at radius 1 is 1.00 bits per heavy atom. The number of carbonyl (C=O) groups excluding carboxylic acids is 2. The quantitative estimate of drug-likeness (QED) is 0.0559. The van der Waals surface area contributed by atoms with E-state index in [1.54, 1.807) is 47.9 Å². The summed E-state index contributed by atoms with van der Waals surface area (Å²) in [6.45, 7) is 6.51. The minimum Gasteiger partial charge on any atom is -0.505 e. The molecule has 1 unspecified atom stereocenters. The fourth-order valence-corrected chi connectivity index (χ4v) is 7.07. The number of aryl methyl sites for hydroxylation is 1. The molecule has 1 aliphatic rings. The molecule has 230 valence electrons. The van der Waals surface area contributed by atoms with E-state index in [-0.39, 0.29) is 16.5 Å². The summed E-state index contributed by atoms with van der Waals surface area (Å²) in [5, 5.41) is 20.8. The maximum absolute atomic E-state index is 13.8. The van der Waals surface area contributed by atoms with E-state index in [4.69, 9.17) is 9.47 Å². The molecule has 0 aliphatic carbocycles. The predicted octanol–water partition coefficient (Wildman–Crippen LogP) is 6.60. The van der Waals surface area contributed by atoms with Gasteiger partial charge in [0.2, 0.25) is 5.13 Å². The molecule has 5 aromatic rings. The number of nitrogens with zero attached hydrogens (tertiary/aromatic N) is 5. The van der Waals surface area contributed by atoms with Crippen molar-refractivity contribution in [1.82, 2.24) is 19.6 Å². The molecule has 1 saturated heterocycles. The zero-order chi connectivity index (χ0) is 31.5. The molecular weight excluding hydrogens is 611 g/mol. The lowest BCUT2D eigenvalue weighted by Crippen LogP contribution is -2.29. The molecule has 0 spiro atoms. The topological polar surface area (TPSA) is 119 Å². The summed E-state index contributed by atoms with van der Waals surface area (Å²) in [5.74, 6) is -0.287. The number of thioether (sulfide) groups is 1. The Labute approximate surface area is 268 Å². The lowest BCUT2D eigenvalue weighted by molar-refractivity contribution is -0.132. The van der Waals surface area contributed by atoms with E-state index < -0.39 is 17.7 Å². The molecule has 1 fully saturated rings. The second-order valence-corrected chi connectivity index (χ2v) is 12.4. The van der Waals surface area contributed by atoms with Crippen LogP contribution >= 0.6 is 23.1 Å². The van der Waals surface area contributed by atoms with Gasteiger partial charge in [-0.1, -0.05) is 72.5 Å². The van der Waals surface area contributed by atoms with E-state index in [0.717, 1.165) is 12.0 Å². The van der Waals surface area contributed by atoms with Gasteiger partial charge in [-0.15, -0.1) is 10.2 Å². The number of aromatic nitrogens is 4. The molecule has 1 aliphatic heterocycles. The van der Waals surface area contributed by atoms with Crippen molar-refractivity contribution in [3.63, 3.8) is 0 Å². The number of anilines is 1. The van der Waals surface area contributed by atoms with Crippen molar-refractivity contribution in [2.24, 2.45) is 0 Å². The van der Waals surface area contributed by atoms with Crippen LogP contribution in [0, 0.1) is 6.92 Å². The lowest BCUT2D eigenvalue weighted by Gasteiger charge is -2.23. The molecule has 10 nitrogen and oxygen atoms in total. The SMILES string of the molecule is CCCOc1ccc(C2/C(=C(\O)c3c(C)nc4ccccn34)C(=O)C(=O)N2c2nnc(SCc3ccccc3)s2)cc1OCC. The molecule has 12 heteroatoms. The minimum absolute atomic E-state index is 0.0767. The fraction of sp³-hybridized carbons (Fsp3) is 0.242. The molecule has 45 heavy (non-hydrogen) atoms. The first kappa shape index (κ1) is 30.4. The van der Waals surface area contributed by atoms with E-state index in [2.05, 4.69) is 15.2 Å². The number of fused-ring (bicyclic) bond motifs is 1. The van der Waals surface area contributed by atoms with Gasteiger partial charge in [0.05, 0.1) is 30.5 Å². The van der Waals surface area contributed by atoms with Crippen molar-refractivity contribution in [1.29, 1.82) is 0 Å². The van der Waals surface area contributed by atoms with Crippen LogP contribution in [0.1, 0.15) is 48.8 Å². The van der Waals surface area contributed by atoms with Gasteiger partial charge in [0.1, 0.15) is 11.3 Å². The molecule has 1 atom stereocenters. The van der Waals surface area contributed by atoms with Crippen LogP contribution in [-0.2, 0) is 15.3 Å². The molecule has 3 aromatic heterocycles. The summed E-state index contributed by atoms with van der Waals surface area (Å²) in [4.78, 5) is 33.5. The molecule has 0 saturated carbocycles. The van der Waals surface area contributed by atoms with Gasteiger partial charge >= 0.3 is 5.91 Å². The summed E-state index contributed by atoms with van der Waals surface area (Å²) in [6.07, 6.45) is 2.57. The second kappa shape index (κ2) is 13.1. The van der Waals surface area contributed by atoms with E-state index in [9.17, 15) is 14.7 Å². The minimum atomic E-state index is -1.02. The number of benzene rings is 2. The van der Waals surface area contributed by atoms with E-state index >= 15 is 0 Å². The molecule has 2 aromatic carbocycles. The van der Waals surface area contributed by atoms with Gasteiger partial charge in [-0.2, -0.15) is 0 Å². The number of hydrogen-bond donors (Lipinski definition) is 1. The van der Waals surface area contributed by atoms with Crippen LogP contribution in [0.2, 0.25) is 0 Å². The Morgan fingerprint density at radius 3 is 2.58 bits per heavy atom. The molecule has 0 bridgehead atoms. The van der Waals surface area contributed by atoms with Crippen molar-refractivity contribution < 1.29 is 24.2 Å². The highest BCUT2D eigenvalue weighted by Crippen LogP contribution is 2.46. The van der Waals surface area contributed by atoms with Gasteiger partial charge in [0.15, 0.2) is 21.6 Å². The normalized spacial score (nSPS) is 16.1. The predicted molar refractivity (Wildman–Crippen MR) is 174 cm³/mol. The van der Waals surface area contributed by atoms with Crippen LogP contribution in [0.15, 0.2) is 82.8 Å². The average Bonchev–Trinajstić information content (AvgIpc) is 3.73. The van der Waals surface area contributed by atoms with Crippen LogP contribution in [0.3, 0.4) is 0 Å². The van der Waals surface area contributed by atoms with Crippen LogP contribution in [0.4, 0.5) is 5.13 Å². The molecular formula is C33H31N5O5S2. The highest BCUT2D eigenvalue weighted by atomic mass is 32.2. The number of ketones is 1. The number of ether oxygens (including phenoxy) is 2. The number of rotatable bonds is 11. The number of imidazole rings is 1. The number of hydrogen-bond acceptors (Lipinski definition) is 10. The highest BCUT2D eigenvalue weighted by molar-refractivity contribution is 8.00. The Kier molecular flexibility index (Phi) is 8.85. The average molecular weight is 642 g/mol. The standard InChI is InChI=1S/C33H31N5O5S2/c1-4-17-43-23-15-14-22(18-24(23)42-5-2)28-26(29(39)27-20(3)34-25-13-9-10-16-37(25)27)30(40)31(41)38(28)32-35-36-33(45-32)44-19-21-11-7-6-8-12-21/h6-16,18,28,39H,4-5,17,19H2,1-3H3/b29-26+. The van der Waals surface area contributed by atoms with Crippen LogP contribution in [-0.4, -0.2) is 49.6 Å². The maximum Gasteiger partial charge on any atom is 0.301 e. The van der Waals surface area contributed by atoms with Crippen molar-refractivity contribution in [3.8, 4) is 11.5 Å². The summed E-state index contributed by atoms with van der Waals surface area (Å²) < 4.78 is 14.2. The van der Waals surface area contributed by atoms with Crippen molar-refractivity contribution in [2.75, 3.05) is 18.1 Å². The molecule has 6 rings (SSSR count). The van der Waals surface area contributed by atoms with Gasteiger partial charge < -0.3 is 14.6 Å². The number of aliphatic hydroxyl groups excluding tert-OH is 1. The Bertz CT molecular complexity index is 1900. The van der Waals surface area contributed by atoms with Crippen LogP contribution in [0.25, 0.3) is 11.4 Å². The summed E-state index contributed by atoms with van der Waals surface area (Å²) in [5.41, 5.74) is 3.03. The van der Waals surface area contributed by atoms with Gasteiger partial charge in [-0.3, -0.25) is 18.9 Å². The third-order valence-corrected chi connectivity index (χ3v) is 9.35. The van der Waals surface area contributed by atoms with Gasteiger partial charge in [-0.05, 0) is 55.7 Å². The van der Waals surface area contributed by atoms with Crippen molar-refractivity contribution in [3.05, 3.63) is 101 Å². The maximum atomic E-state index is 13.8. The molecule has 4 heterocycles. The Hall–Kier alpha value is -4.68. The van der Waals surface area contributed by atoms with E-state index in [1.807, 2.05) is 50.2 Å². The first-order chi connectivity index (χ1) is 21.9. The zero-order valence-corrected chi connectivity index (χ0v) is 26.6. The number of amides is 1. The first-order valence-electron chi connectivity index (χ1n) is 14.6. The Balaban J connectivity index is 1.48. The van der Waals surface area contributed by atoms with Crippen LogP contribution in [0.5, 0.6) is 11.5 Å². The Morgan fingerprint density at radius 2 is 1.80 bits per heavy atom. The van der Waals surface area contributed by atoms with E-state index in [1.165, 1.54) is 28.0 Å². The second-order valence-electron chi connectivity index (χ2n) is 10.3. The third-order valence-electron chi connectivity index (χ3n) is 7.23. The number of carbonyl (C=O) groups is 2. The van der Waals surface area contributed by atoms with Gasteiger partial charge in [0.25, 0.3) is 5.78 Å². The van der Waals surface area contributed by atoms with E-state index in [0.29, 0.717) is 57.4 Å². The van der Waals surface area contributed by atoms with Gasteiger partial charge in [-0.25, -0.2) is 4.98 Å². The fourth-order valence-electron chi connectivity index (χ4n) is 5.24. The van der Waals surface area contributed by atoms with Crippen molar-refractivity contribution >= 4 is 51.3 Å². The first-order valence-corrected chi connectivity index (χ1v) is 16.4. The van der Waals surface area contributed by atoms with Gasteiger partial charge in [0, 0.05) is 11.9 Å². The monoisotopic (exact) mass is 641 g/mol. The number of aliphatic hydroxyl groups is 1. The lowest BCUT2D eigenvalue weighted by atomic mass is 9.96. The smallest absolute Gasteiger partial charge is 0.301 e. The third kappa shape index (κ3) is 5.90. The van der Waals surface area contributed by atoms with Crippen molar-refractivity contribution in [2.45, 2.75) is 43.3 Å². The zero-order valence-electron chi connectivity index (χ0n) is 25.0. The molecule has 1 N–H and O–H groups in total. The van der Waals surface area contributed by atoms with Crippen LogP contribution < -0.4 is 14.4 Å². The molecule has 0 radical (unpaired) electrons. The summed E-state index contributed by atoms with van der Waals surface area (Å²) in [6, 6.07) is 19.7. The summed E-state index contributed by atoms with van der Waals surface area (Å²) >= 11 is 2.71. The largest absolute Gasteiger partial charge is 0.505 e. The number of pyridine rings is 1. The highest BCUT2D eigenvalue weighted by Gasteiger charge is 2.49. The molecule has 1 amide bonds. The number of Topliss-reactive ketones (excluding diaryl/α,β-unsaturated/α-hetero) is 1.